The Bertz CT molecular complexity index is 832. The Kier molecular flexibility index (Phi) is 5.04. The van der Waals surface area contributed by atoms with E-state index in [-0.39, 0.29) is 16.3 Å². The zero-order valence-electron chi connectivity index (χ0n) is 11.9. The summed E-state index contributed by atoms with van der Waals surface area (Å²) >= 11 is 5.67. The number of allylic oxidation sites excluding steroid dienone is 1. The molecule has 0 atom stereocenters. The van der Waals surface area contributed by atoms with Gasteiger partial charge < -0.3 is 0 Å². The summed E-state index contributed by atoms with van der Waals surface area (Å²) in [5.74, 6) is -0.654. The van der Waals surface area contributed by atoms with Crippen molar-refractivity contribution < 1.29 is 22.9 Å². The molecular weight excluding hydrogens is 347 g/mol. The fourth-order valence-corrected chi connectivity index (χ4v) is 2.08. The van der Waals surface area contributed by atoms with Gasteiger partial charge in [0.15, 0.2) is 5.78 Å². The van der Waals surface area contributed by atoms with Crippen molar-refractivity contribution in [3.05, 3.63) is 80.4 Å². The molecule has 0 saturated carbocycles. The average molecular weight is 356 g/mol. The Balaban J connectivity index is 2.25. The molecule has 4 nitrogen and oxygen atoms in total. The van der Waals surface area contributed by atoms with Crippen molar-refractivity contribution in [1.29, 1.82) is 0 Å². The monoisotopic (exact) mass is 355 g/mol. The fourth-order valence-electron chi connectivity index (χ4n) is 1.89. The van der Waals surface area contributed by atoms with Crippen LogP contribution in [0.3, 0.4) is 0 Å². The van der Waals surface area contributed by atoms with Crippen molar-refractivity contribution in [3.63, 3.8) is 0 Å². The Morgan fingerprint density at radius 1 is 1.17 bits per heavy atom. The van der Waals surface area contributed by atoms with E-state index in [1.54, 1.807) is 0 Å². The van der Waals surface area contributed by atoms with Crippen LogP contribution in [-0.2, 0) is 6.18 Å². The highest BCUT2D eigenvalue weighted by Crippen LogP contribution is 2.30. The second-order valence-electron chi connectivity index (χ2n) is 4.74. The molecule has 0 unspecified atom stereocenters. The first kappa shape index (κ1) is 17.7. The second-order valence-corrected chi connectivity index (χ2v) is 5.15. The number of halogens is 4. The summed E-state index contributed by atoms with van der Waals surface area (Å²) in [5.41, 5.74) is -1.06. The topological polar surface area (TPSA) is 60.2 Å². The Hall–Kier alpha value is -2.67. The van der Waals surface area contributed by atoms with Gasteiger partial charge >= 0.3 is 6.18 Å². The smallest absolute Gasteiger partial charge is 0.289 e. The molecule has 124 valence electrons. The third-order valence-electron chi connectivity index (χ3n) is 3.07. The molecule has 0 fully saturated rings. The van der Waals surface area contributed by atoms with Crippen LogP contribution in [0.2, 0.25) is 5.02 Å². The van der Waals surface area contributed by atoms with E-state index >= 15 is 0 Å². The SMILES string of the molecule is O=C(/C=C/c1ccc(Cl)c([N+](=O)[O-])c1)c1cccc(C(F)(F)F)c1. The van der Waals surface area contributed by atoms with Crippen molar-refractivity contribution in [3.8, 4) is 0 Å². The number of nitro groups is 1. The second kappa shape index (κ2) is 6.84. The van der Waals surface area contributed by atoms with E-state index in [1.807, 2.05) is 0 Å². The molecule has 0 radical (unpaired) electrons. The van der Waals surface area contributed by atoms with Crippen molar-refractivity contribution in [2.24, 2.45) is 0 Å². The zero-order valence-corrected chi connectivity index (χ0v) is 12.6. The van der Waals surface area contributed by atoms with Gasteiger partial charge in [-0.15, -0.1) is 0 Å². The number of carbonyl (C=O) groups excluding carboxylic acids is 1. The number of ketones is 1. The minimum Gasteiger partial charge on any atom is -0.289 e. The van der Waals surface area contributed by atoms with E-state index in [1.165, 1.54) is 24.3 Å². The van der Waals surface area contributed by atoms with Crippen LogP contribution in [0.15, 0.2) is 48.5 Å². The summed E-state index contributed by atoms with van der Waals surface area (Å²) in [4.78, 5) is 22.1. The average Bonchev–Trinajstić information content (AvgIpc) is 2.52. The molecule has 0 bridgehead atoms. The molecular formula is C16H9ClF3NO3. The summed E-state index contributed by atoms with van der Waals surface area (Å²) in [7, 11) is 0. The maximum absolute atomic E-state index is 12.6. The molecule has 0 aliphatic rings. The third-order valence-corrected chi connectivity index (χ3v) is 3.39. The van der Waals surface area contributed by atoms with Gasteiger partial charge in [0, 0.05) is 11.6 Å². The summed E-state index contributed by atoms with van der Waals surface area (Å²) in [5, 5.41) is 10.7. The quantitative estimate of drug-likeness (QED) is 0.329. The Labute approximate surface area is 139 Å². The number of nitrogens with zero attached hydrogens (tertiary/aromatic N) is 1. The fraction of sp³-hybridized carbons (Fsp3) is 0.0625. The lowest BCUT2D eigenvalue weighted by Crippen LogP contribution is -2.06. The third kappa shape index (κ3) is 4.20. The van der Waals surface area contributed by atoms with E-state index in [0.29, 0.717) is 5.56 Å². The predicted molar refractivity (Wildman–Crippen MR) is 82.9 cm³/mol. The number of hydrogen-bond acceptors (Lipinski definition) is 3. The number of nitro benzene ring substituents is 1. The number of benzene rings is 2. The van der Waals surface area contributed by atoms with E-state index in [0.717, 1.165) is 30.3 Å². The summed E-state index contributed by atoms with van der Waals surface area (Å²) in [6, 6.07) is 7.92. The molecule has 2 aromatic rings. The van der Waals surface area contributed by atoms with E-state index in [9.17, 15) is 28.1 Å². The maximum Gasteiger partial charge on any atom is 0.416 e. The van der Waals surface area contributed by atoms with E-state index in [2.05, 4.69) is 0 Å². The van der Waals surface area contributed by atoms with Crippen molar-refractivity contribution in [2.75, 3.05) is 0 Å². The van der Waals surface area contributed by atoms with Crippen molar-refractivity contribution in [2.45, 2.75) is 6.18 Å². The van der Waals surface area contributed by atoms with Crippen LogP contribution >= 0.6 is 11.6 Å². The molecule has 8 heteroatoms. The van der Waals surface area contributed by atoms with Crippen LogP contribution in [0, 0.1) is 10.1 Å². The van der Waals surface area contributed by atoms with Crippen LogP contribution < -0.4 is 0 Å². The highest BCUT2D eigenvalue weighted by Gasteiger charge is 2.30. The lowest BCUT2D eigenvalue weighted by atomic mass is 10.1. The first-order chi connectivity index (χ1) is 11.2. The molecule has 0 N–H and O–H groups in total. The zero-order chi connectivity index (χ0) is 17.9. The van der Waals surface area contributed by atoms with E-state index in [4.69, 9.17) is 11.6 Å². The van der Waals surface area contributed by atoms with Crippen LogP contribution in [0.25, 0.3) is 6.08 Å². The first-order valence-corrected chi connectivity index (χ1v) is 6.90. The van der Waals surface area contributed by atoms with Crippen LogP contribution in [-0.4, -0.2) is 10.7 Å². The molecule has 0 aliphatic heterocycles. The maximum atomic E-state index is 12.6. The largest absolute Gasteiger partial charge is 0.416 e. The van der Waals surface area contributed by atoms with Gasteiger partial charge in [0.25, 0.3) is 5.69 Å². The molecule has 2 aromatic carbocycles. The molecule has 0 heterocycles. The minimum absolute atomic E-state index is 0.0543. The first-order valence-electron chi connectivity index (χ1n) is 6.52. The van der Waals surface area contributed by atoms with Crippen LogP contribution in [0.5, 0.6) is 0 Å². The van der Waals surface area contributed by atoms with Gasteiger partial charge in [-0.05, 0) is 29.8 Å². The molecule has 0 saturated heterocycles. The van der Waals surface area contributed by atoms with Gasteiger partial charge in [0.2, 0.25) is 0 Å². The number of alkyl halides is 3. The normalized spacial score (nSPS) is 11.7. The summed E-state index contributed by atoms with van der Waals surface area (Å²) in [6.45, 7) is 0. The van der Waals surface area contributed by atoms with Gasteiger partial charge in [0.05, 0.1) is 10.5 Å². The van der Waals surface area contributed by atoms with Gasteiger partial charge in [-0.25, -0.2) is 0 Å². The predicted octanol–water partition coefficient (Wildman–Crippen LogP) is 5.16. The van der Waals surface area contributed by atoms with E-state index < -0.39 is 22.4 Å². The van der Waals surface area contributed by atoms with Gasteiger partial charge in [-0.3, -0.25) is 14.9 Å². The lowest BCUT2D eigenvalue weighted by Gasteiger charge is -2.07. The molecule has 24 heavy (non-hydrogen) atoms. The van der Waals surface area contributed by atoms with Gasteiger partial charge in [0.1, 0.15) is 5.02 Å². The standard InChI is InChI=1S/C16H9ClF3NO3/c17-13-6-4-10(8-14(13)21(23)24)5-7-15(22)11-2-1-3-12(9-11)16(18,19)20/h1-9H/b7-5+. The van der Waals surface area contributed by atoms with Crippen LogP contribution in [0.1, 0.15) is 21.5 Å². The number of rotatable bonds is 4. The lowest BCUT2D eigenvalue weighted by molar-refractivity contribution is -0.384. The molecule has 0 amide bonds. The van der Waals surface area contributed by atoms with Crippen molar-refractivity contribution >= 4 is 29.1 Å². The Morgan fingerprint density at radius 3 is 2.50 bits per heavy atom. The number of carbonyl (C=O) groups is 1. The minimum atomic E-state index is -4.54. The summed E-state index contributed by atoms with van der Waals surface area (Å²) < 4.78 is 37.9. The molecule has 0 aromatic heterocycles. The highest BCUT2D eigenvalue weighted by molar-refractivity contribution is 6.32. The van der Waals surface area contributed by atoms with Crippen LogP contribution in [0.4, 0.5) is 18.9 Å². The molecule has 0 aliphatic carbocycles. The summed E-state index contributed by atoms with van der Waals surface area (Å²) in [6.07, 6.45) is -2.23. The van der Waals surface area contributed by atoms with Gasteiger partial charge in [-0.1, -0.05) is 35.9 Å². The van der Waals surface area contributed by atoms with Crippen molar-refractivity contribution in [1.82, 2.24) is 0 Å². The number of hydrogen-bond donors (Lipinski definition) is 0. The van der Waals surface area contributed by atoms with Gasteiger partial charge in [-0.2, -0.15) is 13.2 Å². The molecule has 2 rings (SSSR count). The highest BCUT2D eigenvalue weighted by atomic mass is 35.5. The molecule has 0 spiro atoms. The Morgan fingerprint density at radius 2 is 1.88 bits per heavy atom.